The summed E-state index contributed by atoms with van der Waals surface area (Å²) in [5, 5.41) is 3.95. The Morgan fingerprint density at radius 1 is 1.19 bits per heavy atom. The number of aromatic nitrogens is 1. The minimum Gasteiger partial charge on any atom is -0.465 e. The summed E-state index contributed by atoms with van der Waals surface area (Å²) in [5.41, 5.74) is 4.01. The van der Waals surface area contributed by atoms with Crippen molar-refractivity contribution in [2.75, 3.05) is 6.61 Å². The number of benzene rings is 2. The summed E-state index contributed by atoms with van der Waals surface area (Å²) in [6.07, 6.45) is 3.27. The molecule has 0 saturated heterocycles. The van der Waals surface area contributed by atoms with E-state index in [-0.39, 0.29) is 30.3 Å². The summed E-state index contributed by atoms with van der Waals surface area (Å²) in [5.74, 6) is -0.584. The van der Waals surface area contributed by atoms with Gasteiger partial charge in [-0.05, 0) is 61.9 Å². The fourth-order valence-corrected chi connectivity index (χ4v) is 4.46. The normalized spacial score (nSPS) is 15.5. The minimum absolute atomic E-state index is 0.000633. The first-order valence-electron chi connectivity index (χ1n) is 10.8. The number of hydrogen-bond acceptors (Lipinski definition) is 3. The van der Waals surface area contributed by atoms with Crippen LogP contribution in [0.3, 0.4) is 0 Å². The molecule has 1 atom stereocenters. The van der Waals surface area contributed by atoms with Crippen molar-refractivity contribution in [3.63, 3.8) is 0 Å². The number of amides is 1. The Morgan fingerprint density at radius 2 is 2.00 bits per heavy atom. The van der Waals surface area contributed by atoms with Crippen molar-refractivity contribution in [3.8, 4) is 0 Å². The molecule has 1 aliphatic carbocycles. The third kappa shape index (κ3) is 4.79. The summed E-state index contributed by atoms with van der Waals surface area (Å²) in [7, 11) is 0. The molecule has 2 aromatic carbocycles. The molecule has 0 bridgehead atoms. The number of fused-ring (bicyclic) bond motifs is 3. The van der Waals surface area contributed by atoms with Crippen LogP contribution in [0.4, 0.5) is 4.39 Å². The first-order valence-corrected chi connectivity index (χ1v) is 10.8. The molecule has 1 N–H and O–H groups in total. The number of esters is 1. The lowest BCUT2D eigenvalue weighted by Crippen LogP contribution is -2.39. The van der Waals surface area contributed by atoms with E-state index in [0.717, 1.165) is 34.1 Å². The summed E-state index contributed by atoms with van der Waals surface area (Å²) < 4.78 is 21.1. The van der Waals surface area contributed by atoms with Gasteiger partial charge in [-0.25, -0.2) is 4.39 Å². The lowest BCUT2D eigenvalue weighted by Gasteiger charge is -2.25. The fraction of sp³-hybridized carbons (Fsp3) is 0.360. The highest BCUT2D eigenvalue weighted by Gasteiger charge is 2.27. The van der Waals surface area contributed by atoms with Gasteiger partial charge in [-0.2, -0.15) is 0 Å². The van der Waals surface area contributed by atoms with Crippen molar-refractivity contribution >= 4 is 22.8 Å². The largest absolute Gasteiger partial charge is 0.465 e. The second-order valence-corrected chi connectivity index (χ2v) is 7.97. The molecule has 0 aliphatic heterocycles. The predicted molar refractivity (Wildman–Crippen MR) is 117 cm³/mol. The molecule has 0 saturated carbocycles. The maximum absolute atomic E-state index is 14.0. The second-order valence-electron chi connectivity index (χ2n) is 7.97. The van der Waals surface area contributed by atoms with Crippen LogP contribution in [0.5, 0.6) is 0 Å². The van der Waals surface area contributed by atoms with Gasteiger partial charge < -0.3 is 14.6 Å². The van der Waals surface area contributed by atoms with Gasteiger partial charge in [-0.3, -0.25) is 9.59 Å². The fourth-order valence-electron chi connectivity index (χ4n) is 4.46. The standard InChI is InChI=1S/C25H27FN2O3/c1-2-31-25(30)16-28-22-11-9-18(26)14-20(22)21-15-19(10-12-23(21)28)27-24(29)13-8-17-6-4-3-5-7-17/h3-7,9,11,14,19H,2,8,10,12-13,15-16H2,1H3,(H,27,29)/t19-/m1/s1. The third-order valence-corrected chi connectivity index (χ3v) is 5.87. The van der Waals surface area contributed by atoms with Crippen LogP contribution in [0.15, 0.2) is 48.5 Å². The lowest BCUT2D eigenvalue weighted by molar-refractivity contribution is -0.143. The number of aryl methyl sites for hydroxylation is 1. The Labute approximate surface area is 181 Å². The topological polar surface area (TPSA) is 60.3 Å². The van der Waals surface area contributed by atoms with Crippen LogP contribution in [0.25, 0.3) is 10.9 Å². The van der Waals surface area contributed by atoms with Gasteiger partial charge in [0.1, 0.15) is 12.4 Å². The van der Waals surface area contributed by atoms with Crippen LogP contribution in [-0.2, 0) is 40.1 Å². The number of ether oxygens (including phenoxy) is 1. The first-order chi connectivity index (χ1) is 15.0. The van der Waals surface area contributed by atoms with E-state index in [0.29, 0.717) is 32.3 Å². The van der Waals surface area contributed by atoms with Gasteiger partial charge in [0.15, 0.2) is 0 Å². The molecular formula is C25H27FN2O3. The molecule has 1 amide bonds. The molecule has 1 aromatic heterocycles. The summed E-state index contributed by atoms with van der Waals surface area (Å²) >= 11 is 0. The number of carbonyl (C=O) groups is 2. The maximum Gasteiger partial charge on any atom is 0.325 e. The molecule has 5 nitrogen and oxygen atoms in total. The predicted octanol–water partition coefficient (Wildman–Crippen LogP) is 3.95. The molecule has 0 fully saturated rings. The van der Waals surface area contributed by atoms with Gasteiger partial charge in [0.2, 0.25) is 5.91 Å². The Morgan fingerprint density at radius 3 is 2.77 bits per heavy atom. The monoisotopic (exact) mass is 422 g/mol. The Hall–Kier alpha value is -3.15. The molecule has 0 spiro atoms. The van der Waals surface area contributed by atoms with Crippen LogP contribution >= 0.6 is 0 Å². The first kappa shape index (κ1) is 21.1. The van der Waals surface area contributed by atoms with E-state index in [1.54, 1.807) is 13.0 Å². The molecule has 0 unspecified atom stereocenters. The highest BCUT2D eigenvalue weighted by molar-refractivity contribution is 5.87. The number of nitrogens with one attached hydrogen (secondary N) is 1. The molecule has 1 aliphatic rings. The van der Waals surface area contributed by atoms with Crippen molar-refractivity contribution in [1.82, 2.24) is 9.88 Å². The van der Waals surface area contributed by atoms with Gasteiger partial charge in [-0.1, -0.05) is 30.3 Å². The van der Waals surface area contributed by atoms with E-state index >= 15 is 0 Å². The van der Waals surface area contributed by atoms with Crippen LogP contribution < -0.4 is 5.32 Å². The molecule has 3 aromatic rings. The average Bonchev–Trinajstić information content (AvgIpc) is 3.05. The SMILES string of the molecule is CCOC(=O)Cn1c2c(c3cc(F)ccc31)C[C@H](NC(=O)CCc1ccccc1)CC2. The summed E-state index contributed by atoms with van der Waals surface area (Å²) in [4.78, 5) is 24.6. The summed E-state index contributed by atoms with van der Waals surface area (Å²) in [6.45, 7) is 2.22. The minimum atomic E-state index is -0.308. The van der Waals surface area contributed by atoms with Gasteiger partial charge in [-0.15, -0.1) is 0 Å². The number of hydrogen-bond donors (Lipinski definition) is 1. The quantitative estimate of drug-likeness (QED) is 0.587. The van der Waals surface area contributed by atoms with E-state index in [1.165, 1.54) is 12.1 Å². The number of nitrogens with zero attached hydrogens (tertiary/aromatic N) is 1. The van der Waals surface area contributed by atoms with E-state index in [4.69, 9.17) is 4.74 Å². The maximum atomic E-state index is 14.0. The van der Waals surface area contributed by atoms with E-state index in [2.05, 4.69) is 5.32 Å². The molecule has 1 heterocycles. The van der Waals surface area contributed by atoms with Gasteiger partial charge in [0, 0.05) is 29.1 Å². The Bertz CT molecular complexity index is 1090. The van der Waals surface area contributed by atoms with Crippen molar-refractivity contribution in [2.24, 2.45) is 0 Å². The molecular weight excluding hydrogens is 395 g/mol. The van der Waals surface area contributed by atoms with Crippen molar-refractivity contribution in [1.29, 1.82) is 0 Å². The van der Waals surface area contributed by atoms with Gasteiger partial charge in [0.25, 0.3) is 0 Å². The summed E-state index contributed by atoms with van der Waals surface area (Å²) in [6, 6.07) is 14.6. The van der Waals surface area contributed by atoms with Gasteiger partial charge >= 0.3 is 5.97 Å². The van der Waals surface area contributed by atoms with Crippen molar-refractivity contribution in [2.45, 2.75) is 51.6 Å². The Kier molecular flexibility index (Phi) is 6.35. The van der Waals surface area contributed by atoms with E-state index < -0.39 is 0 Å². The highest BCUT2D eigenvalue weighted by Crippen LogP contribution is 2.33. The number of halogens is 1. The molecule has 6 heteroatoms. The number of carbonyl (C=O) groups excluding carboxylic acids is 2. The van der Waals surface area contributed by atoms with Crippen molar-refractivity contribution < 1.29 is 18.7 Å². The second kappa shape index (κ2) is 9.33. The molecule has 0 radical (unpaired) electrons. The highest BCUT2D eigenvalue weighted by atomic mass is 19.1. The molecule has 31 heavy (non-hydrogen) atoms. The van der Waals surface area contributed by atoms with Crippen LogP contribution in [-0.4, -0.2) is 29.1 Å². The zero-order chi connectivity index (χ0) is 21.8. The third-order valence-electron chi connectivity index (χ3n) is 5.87. The Balaban J connectivity index is 1.50. The zero-order valence-electron chi connectivity index (χ0n) is 17.7. The average molecular weight is 423 g/mol. The van der Waals surface area contributed by atoms with Crippen LogP contribution in [0.1, 0.15) is 36.6 Å². The molecule has 162 valence electrons. The van der Waals surface area contributed by atoms with E-state index in [9.17, 15) is 14.0 Å². The lowest BCUT2D eigenvalue weighted by atomic mass is 9.91. The molecule has 4 rings (SSSR count). The van der Waals surface area contributed by atoms with Crippen molar-refractivity contribution in [3.05, 3.63) is 71.2 Å². The number of rotatable bonds is 7. The zero-order valence-corrected chi connectivity index (χ0v) is 17.7. The van der Waals surface area contributed by atoms with Crippen LogP contribution in [0.2, 0.25) is 0 Å². The van der Waals surface area contributed by atoms with Crippen LogP contribution in [0, 0.1) is 5.82 Å². The van der Waals surface area contributed by atoms with Gasteiger partial charge in [0.05, 0.1) is 6.61 Å². The smallest absolute Gasteiger partial charge is 0.325 e. The van der Waals surface area contributed by atoms with E-state index in [1.807, 2.05) is 34.9 Å².